The molecule has 0 saturated carbocycles. The topological polar surface area (TPSA) is 105 Å². The Kier molecular flexibility index (Phi) is 9.20. The molecule has 0 radical (unpaired) electrons. The molecule has 2 amide bonds. The first-order valence-electron chi connectivity index (χ1n) is 12.0. The van der Waals surface area contributed by atoms with Gasteiger partial charge in [-0.1, -0.05) is 77.8 Å². The van der Waals surface area contributed by atoms with Crippen LogP contribution in [0.1, 0.15) is 27.9 Å². The number of rotatable bonds is 9. The van der Waals surface area contributed by atoms with Gasteiger partial charge in [0.2, 0.25) is 0 Å². The number of carboxylic acid groups (broad SMARTS) is 1. The summed E-state index contributed by atoms with van der Waals surface area (Å²) in [6, 6.07) is 27.3. The standard InChI is InChI=1S/C30H24Cl2N2O5/c31-23-17-26(32)25(16-19-6-8-21(9-7-19)20-4-2-1-3-5-20)27(18-23)39-30(38)34-24-12-10-22(11-13-24)29(37)33-15-14-28(35)36/h1-13,17-18H,14-16H2,(H,33,37)(H,34,38)(H,35,36). The number of hydrogen-bond acceptors (Lipinski definition) is 4. The van der Waals surface area contributed by atoms with Crippen molar-refractivity contribution in [3.63, 3.8) is 0 Å². The SMILES string of the molecule is O=C(O)CCNC(=O)c1ccc(NC(=O)Oc2cc(Cl)cc(Cl)c2Cc2ccc(-c3ccccc3)cc2)cc1. The molecule has 0 fully saturated rings. The second-order valence-electron chi connectivity index (χ2n) is 8.60. The highest BCUT2D eigenvalue weighted by molar-refractivity contribution is 6.35. The number of benzene rings is 4. The highest BCUT2D eigenvalue weighted by Gasteiger charge is 2.16. The van der Waals surface area contributed by atoms with Crippen molar-refractivity contribution in [2.45, 2.75) is 12.8 Å². The van der Waals surface area contributed by atoms with Crippen molar-refractivity contribution in [3.05, 3.63) is 118 Å². The Hall–Kier alpha value is -4.33. The van der Waals surface area contributed by atoms with Crippen LogP contribution in [0.25, 0.3) is 11.1 Å². The molecular weight excluding hydrogens is 539 g/mol. The summed E-state index contributed by atoms with van der Waals surface area (Å²) in [5, 5.41) is 14.5. The van der Waals surface area contributed by atoms with Gasteiger partial charge in [0.15, 0.2) is 0 Å². The zero-order chi connectivity index (χ0) is 27.8. The van der Waals surface area contributed by atoms with Crippen LogP contribution in [0, 0.1) is 0 Å². The summed E-state index contributed by atoms with van der Waals surface area (Å²) in [4.78, 5) is 35.4. The van der Waals surface area contributed by atoms with Gasteiger partial charge >= 0.3 is 12.1 Å². The average molecular weight is 563 g/mol. The minimum Gasteiger partial charge on any atom is -0.481 e. The highest BCUT2D eigenvalue weighted by Crippen LogP contribution is 2.33. The second-order valence-corrected chi connectivity index (χ2v) is 9.44. The van der Waals surface area contributed by atoms with E-state index in [1.165, 1.54) is 30.3 Å². The lowest BCUT2D eigenvalue weighted by molar-refractivity contribution is -0.136. The van der Waals surface area contributed by atoms with Crippen molar-refractivity contribution >= 4 is 46.9 Å². The monoisotopic (exact) mass is 562 g/mol. The number of halogens is 2. The molecule has 4 aromatic carbocycles. The molecule has 0 aliphatic rings. The molecular formula is C30H24Cl2N2O5. The lowest BCUT2D eigenvalue weighted by Crippen LogP contribution is -2.26. The third-order valence-corrected chi connectivity index (χ3v) is 6.34. The number of hydrogen-bond donors (Lipinski definition) is 3. The van der Waals surface area contributed by atoms with E-state index in [2.05, 4.69) is 10.6 Å². The predicted molar refractivity (Wildman–Crippen MR) is 152 cm³/mol. The van der Waals surface area contributed by atoms with Crippen LogP contribution in [0.3, 0.4) is 0 Å². The average Bonchev–Trinajstić information content (AvgIpc) is 2.91. The number of aliphatic carboxylic acids is 1. The lowest BCUT2D eigenvalue weighted by atomic mass is 10.00. The first kappa shape index (κ1) is 27.7. The van der Waals surface area contributed by atoms with Gasteiger partial charge in [0, 0.05) is 39.8 Å². The third kappa shape index (κ3) is 7.83. The highest BCUT2D eigenvalue weighted by atomic mass is 35.5. The Balaban J connectivity index is 1.42. The van der Waals surface area contributed by atoms with Gasteiger partial charge < -0.3 is 15.2 Å². The van der Waals surface area contributed by atoms with Gasteiger partial charge in [-0.2, -0.15) is 0 Å². The van der Waals surface area contributed by atoms with Gasteiger partial charge in [0.25, 0.3) is 5.91 Å². The van der Waals surface area contributed by atoms with E-state index < -0.39 is 18.0 Å². The Labute approximate surface area is 235 Å². The number of carbonyl (C=O) groups excluding carboxylic acids is 2. The molecule has 9 heteroatoms. The van der Waals surface area contributed by atoms with Gasteiger partial charge in [-0.25, -0.2) is 4.79 Å². The molecule has 4 aromatic rings. The van der Waals surface area contributed by atoms with Crippen LogP contribution in [-0.2, 0) is 11.2 Å². The van der Waals surface area contributed by atoms with Crippen LogP contribution in [0.15, 0.2) is 91.0 Å². The summed E-state index contributed by atoms with van der Waals surface area (Å²) < 4.78 is 5.58. The van der Waals surface area contributed by atoms with E-state index in [0.29, 0.717) is 33.3 Å². The lowest BCUT2D eigenvalue weighted by Gasteiger charge is -2.14. The number of carboxylic acids is 1. The number of anilines is 1. The van der Waals surface area contributed by atoms with Gasteiger partial charge in [-0.3, -0.25) is 14.9 Å². The van der Waals surface area contributed by atoms with Crippen LogP contribution in [0.2, 0.25) is 10.0 Å². The summed E-state index contributed by atoms with van der Waals surface area (Å²) in [7, 11) is 0. The van der Waals surface area contributed by atoms with Crippen molar-refractivity contribution in [2.24, 2.45) is 0 Å². The Morgan fingerprint density at radius 3 is 2.15 bits per heavy atom. The van der Waals surface area contributed by atoms with Crippen LogP contribution >= 0.6 is 23.2 Å². The molecule has 0 aliphatic heterocycles. The zero-order valence-electron chi connectivity index (χ0n) is 20.6. The van der Waals surface area contributed by atoms with Crippen LogP contribution < -0.4 is 15.4 Å². The summed E-state index contributed by atoms with van der Waals surface area (Å²) in [5.74, 6) is -1.19. The molecule has 7 nitrogen and oxygen atoms in total. The fourth-order valence-corrected chi connectivity index (χ4v) is 4.37. The van der Waals surface area contributed by atoms with E-state index in [1.54, 1.807) is 6.07 Å². The van der Waals surface area contributed by atoms with E-state index in [0.717, 1.165) is 16.7 Å². The van der Waals surface area contributed by atoms with Gasteiger partial charge in [-0.05, 0) is 53.1 Å². The van der Waals surface area contributed by atoms with Crippen molar-refractivity contribution in [2.75, 3.05) is 11.9 Å². The second kappa shape index (κ2) is 13.0. The molecule has 39 heavy (non-hydrogen) atoms. The molecule has 0 saturated heterocycles. The van der Waals surface area contributed by atoms with Crippen molar-refractivity contribution in [1.82, 2.24) is 5.32 Å². The predicted octanol–water partition coefficient (Wildman–Crippen LogP) is 7.07. The van der Waals surface area contributed by atoms with Gasteiger partial charge in [0.05, 0.1) is 6.42 Å². The minimum absolute atomic E-state index is 0.0161. The van der Waals surface area contributed by atoms with Crippen LogP contribution in [0.4, 0.5) is 10.5 Å². The Bertz CT molecular complexity index is 1470. The maximum absolute atomic E-state index is 12.7. The fourth-order valence-electron chi connectivity index (χ4n) is 3.83. The molecule has 0 heterocycles. The van der Waals surface area contributed by atoms with Crippen molar-refractivity contribution in [3.8, 4) is 16.9 Å². The quantitative estimate of drug-likeness (QED) is 0.202. The van der Waals surface area contributed by atoms with E-state index >= 15 is 0 Å². The van der Waals surface area contributed by atoms with Gasteiger partial charge in [-0.15, -0.1) is 0 Å². The van der Waals surface area contributed by atoms with E-state index in [-0.39, 0.29) is 18.7 Å². The van der Waals surface area contributed by atoms with E-state index in [1.807, 2.05) is 54.6 Å². The molecule has 198 valence electrons. The summed E-state index contributed by atoms with van der Waals surface area (Å²) in [5.41, 5.74) is 4.50. The summed E-state index contributed by atoms with van der Waals surface area (Å²) in [6.07, 6.45) is -0.516. The van der Waals surface area contributed by atoms with Crippen molar-refractivity contribution in [1.29, 1.82) is 0 Å². The fraction of sp³-hybridized carbons (Fsp3) is 0.100. The van der Waals surface area contributed by atoms with Crippen molar-refractivity contribution < 1.29 is 24.2 Å². The Morgan fingerprint density at radius 1 is 0.821 bits per heavy atom. The van der Waals surface area contributed by atoms with Crippen LogP contribution in [-0.4, -0.2) is 29.6 Å². The normalized spacial score (nSPS) is 10.5. The minimum atomic E-state index is -1.00. The van der Waals surface area contributed by atoms with E-state index in [4.69, 9.17) is 33.0 Å². The maximum Gasteiger partial charge on any atom is 0.417 e. The Morgan fingerprint density at radius 2 is 1.49 bits per heavy atom. The molecule has 0 aromatic heterocycles. The first-order valence-corrected chi connectivity index (χ1v) is 12.8. The molecule has 4 rings (SSSR count). The first-order chi connectivity index (χ1) is 18.8. The molecule has 0 aliphatic carbocycles. The number of ether oxygens (including phenoxy) is 1. The number of carbonyl (C=O) groups is 3. The van der Waals surface area contributed by atoms with E-state index in [9.17, 15) is 14.4 Å². The molecule has 0 spiro atoms. The zero-order valence-corrected chi connectivity index (χ0v) is 22.1. The summed E-state index contributed by atoms with van der Waals surface area (Å²) in [6.45, 7) is 0.0161. The maximum atomic E-state index is 12.7. The summed E-state index contributed by atoms with van der Waals surface area (Å²) >= 11 is 12.7. The number of amides is 2. The smallest absolute Gasteiger partial charge is 0.417 e. The third-order valence-electron chi connectivity index (χ3n) is 5.78. The van der Waals surface area contributed by atoms with Crippen LogP contribution in [0.5, 0.6) is 5.75 Å². The molecule has 0 atom stereocenters. The number of nitrogens with one attached hydrogen (secondary N) is 2. The molecule has 0 unspecified atom stereocenters. The largest absolute Gasteiger partial charge is 0.481 e. The molecule has 0 bridgehead atoms. The molecule has 3 N–H and O–H groups in total. The van der Waals surface area contributed by atoms with Gasteiger partial charge in [0.1, 0.15) is 5.75 Å².